The molecule has 3 aromatic heterocycles. The number of hydrogen-bond acceptors (Lipinski definition) is 1. The number of imidazole rings is 2. The first-order valence-corrected chi connectivity index (χ1v) is 8.47. The Balaban J connectivity index is 2.04. The highest BCUT2D eigenvalue weighted by Crippen LogP contribution is 2.36. The maximum absolute atomic E-state index is 4.86. The second kappa shape index (κ2) is 4.22. The minimum Gasteiger partial charge on any atom is -0.344 e. The third kappa shape index (κ3) is 1.41. The molecule has 0 aliphatic heterocycles. The maximum atomic E-state index is 4.86. The van der Waals surface area contributed by atoms with Crippen molar-refractivity contribution in [1.29, 1.82) is 0 Å². The van der Waals surface area contributed by atoms with Gasteiger partial charge in [-0.1, -0.05) is 30.3 Å². The van der Waals surface area contributed by atoms with Crippen molar-refractivity contribution in [3.05, 3.63) is 60.7 Å². The minimum atomic E-state index is 0.983. The number of aryl methyl sites for hydroxylation is 2. The normalized spacial score (nSPS) is 12.4. The predicted molar refractivity (Wildman–Crippen MR) is 103 cm³/mol. The fraction of sp³-hybridized carbons (Fsp3) is 0.0952. The Hall–Kier alpha value is -3.27. The largest absolute Gasteiger partial charge is 0.344 e. The summed E-state index contributed by atoms with van der Waals surface area (Å²) < 4.78 is 6.78. The molecule has 6 rings (SSSR count). The predicted octanol–water partition coefficient (Wildman–Crippen LogP) is 4.62. The first-order chi connectivity index (χ1) is 12.3. The van der Waals surface area contributed by atoms with Crippen molar-refractivity contribution in [2.45, 2.75) is 0 Å². The van der Waals surface area contributed by atoms with Gasteiger partial charge in [0, 0.05) is 30.4 Å². The molecule has 0 amide bonds. The van der Waals surface area contributed by atoms with E-state index in [-0.39, 0.29) is 0 Å². The third-order valence-electron chi connectivity index (χ3n) is 5.46. The van der Waals surface area contributed by atoms with Gasteiger partial charge in [0.1, 0.15) is 0 Å². The minimum absolute atomic E-state index is 0.983. The van der Waals surface area contributed by atoms with E-state index in [1.54, 1.807) is 0 Å². The maximum Gasteiger partial charge on any atom is 0.215 e. The molecule has 0 fully saturated rings. The van der Waals surface area contributed by atoms with Crippen LogP contribution < -0.4 is 0 Å². The Morgan fingerprint density at radius 3 is 2.28 bits per heavy atom. The van der Waals surface area contributed by atoms with E-state index in [0.717, 1.165) is 16.8 Å². The molecule has 3 aromatic carbocycles. The highest BCUT2D eigenvalue weighted by Gasteiger charge is 2.19. The molecule has 0 saturated carbocycles. The quantitative estimate of drug-likeness (QED) is 0.400. The summed E-state index contributed by atoms with van der Waals surface area (Å²) in [6, 6.07) is 21.4. The van der Waals surface area contributed by atoms with Gasteiger partial charge in [-0.3, -0.25) is 4.40 Å². The fourth-order valence-corrected chi connectivity index (χ4v) is 4.29. The summed E-state index contributed by atoms with van der Waals surface area (Å²) >= 11 is 0. The monoisotopic (exact) mass is 324 g/mol. The summed E-state index contributed by atoms with van der Waals surface area (Å²) in [6.07, 6.45) is 0. The Bertz CT molecular complexity index is 1460. The molecule has 25 heavy (non-hydrogen) atoms. The zero-order chi connectivity index (χ0) is 16.7. The van der Waals surface area contributed by atoms with Crippen LogP contribution in [0.2, 0.25) is 0 Å². The van der Waals surface area contributed by atoms with Crippen LogP contribution >= 0.6 is 0 Å². The van der Waals surface area contributed by atoms with E-state index < -0.39 is 0 Å². The van der Waals surface area contributed by atoms with E-state index in [9.17, 15) is 0 Å². The Kier molecular flexibility index (Phi) is 2.21. The van der Waals surface area contributed by atoms with Crippen LogP contribution in [0.5, 0.6) is 0 Å². The van der Waals surface area contributed by atoms with Gasteiger partial charge in [0.05, 0.1) is 27.6 Å². The van der Waals surface area contributed by atoms with Crippen LogP contribution in [0.3, 0.4) is 0 Å². The summed E-state index contributed by atoms with van der Waals surface area (Å²) in [5.41, 5.74) is 7.14. The average molecular weight is 324 g/mol. The molecule has 0 atom stereocenters. The smallest absolute Gasteiger partial charge is 0.215 e. The van der Waals surface area contributed by atoms with Crippen LogP contribution in [0.4, 0.5) is 0 Å². The molecule has 0 N–H and O–H groups in total. The zero-order valence-electron chi connectivity index (χ0n) is 14.1. The number of para-hydroxylation sites is 3. The van der Waals surface area contributed by atoms with Crippen LogP contribution in [-0.2, 0) is 14.1 Å². The average Bonchev–Trinajstić information content (AvgIpc) is 3.26. The lowest BCUT2D eigenvalue weighted by Gasteiger charge is -2.00. The van der Waals surface area contributed by atoms with Crippen molar-refractivity contribution in [3.63, 3.8) is 0 Å². The molecule has 0 unspecified atom stereocenters. The molecule has 0 aliphatic rings. The van der Waals surface area contributed by atoms with E-state index in [1.807, 2.05) is 6.07 Å². The van der Waals surface area contributed by atoms with Crippen molar-refractivity contribution in [2.75, 3.05) is 0 Å². The molecule has 0 spiro atoms. The highest BCUT2D eigenvalue weighted by atomic mass is 15.2. The van der Waals surface area contributed by atoms with Crippen molar-refractivity contribution >= 4 is 49.7 Å². The second-order valence-corrected chi connectivity index (χ2v) is 6.70. The molecule has 0 saturated heterocycles. The number of rotatable bonds is 0. The summed E-state index contributed by atoms with van der Waals surface area (Å²) in [5, 5.41) is 2.58. The lowest BCUT2D eigenvalue weighted by Crippen LogP contribution is -1.88. The molecule has 3 heterocycles. The molecule has 0 bridgehead atoms. The molecule has 0 aliphatic carbocycles. The number of hydrogen-bond donors (Lipinski definition) is 0. The third-order valence-corrected chi connectivity index (χ3v) is 5.46. The van der Waals surface area contributed by atoms with Gasteiger partial charge in [0.2, 0.25) is 5.78 Å². The molecule has 120 valence electrons. The standard InChI is InChI=1S/C21H16N4/c1-23-15-9-5-3-7-13(15)19-17(23)11-12-18-20(19)25-16-10-6-4-8-14(16)22-21(25)24(18)2/h3-12H,1-2H3. The summed E-state index contributed by atoms with van der Waals surface area (Å²) in [5.74, 6) is 0.983. The van der Waals surface area contributed by atoms with Gasteiger partial charge in [-0.25, -0.2) is 4.98 Å². The van der Waals surface area contributed by atoms with Gasteiger partial charge >= 0.3 is 0 Å². The van der Waals surface area contributed by atoms with E-state index >= 15 is 0 Å². The summed E-state index contributed by atoms with van der Waals surface area (Å²) in [7, 11) is 4.24. The van der Waals surface area contributed by atoms with Gasteiger partial charge < -0.3 is 9.13 Å². The first-order valence-electron chi connectivity index (χ1n) is 8.47. The first kappa shape index (κ1) is 13.1. The van der Waals surface area contributed by atoms with Gasteiger partial charge in [0.25, 0.3) is 0 Å². The molecule has 0 radical (unpaired) electrons. The number of nitrogens with zero attached hydrogens (tertiary/aromatic N) is 4. The van der Waals surface area contributed by atoms with Crippen LogP contribution in [-0.4, -0.2) is 18.5 Å². The van der Waals surface area contributed by atoms with Crippen LogP contribution in [0.15, 0.2) is 60.7 Å². The number of fused-ring (bicyclic) bond motifs is 9. The number of aromatic nitrogens is 4. The van der Waals surface area contributed by atoms with Gasteiger partial charge in [0.15, 0.2) is 0 Å². The van der Waals surface area contributed by atoms with Crippen molar-refractivity contribution in [1.82, 2.24) is 18.5 Å². The summed E-state index contributed by atoms with van der Waals surface area (Å²) in [4.78, 5) is 4.86. The highest BCUT2D eigenvalue weighted by molar-refractivity contribution is 6.20. The molecule has 6 aromatic rings. The van der Waals surface area contributed by atoms with Gasteiger partial charge in [-0.15, -0.1) is 0 Å². The van der Waals surface area contributed by atoms with E-state index in [2.05, 4.69) is 82.2 Å². The molecule has 4 heteroatoms. The van der Waals surface area contributed by atoms with Crippen LogP contribution in [0, 0.1) is 0 Å². The van der Waals surface area contributed by atoms with Crippen molar-refractivity contribution in [2.24, 2.45) is 14.1 Å². The van der Waals surface area contributed by atoms with E-state index in [1.165, 1.54) is 32.8 Å². The van der Waals surface area contributed by atoms with Crippen LogP contribution in [0.25, 0.3) is 49.7 Å². The Morgan fingerprint density at radius 2 is 1.40 bits per heavy atom. The Labute approximate surface area is 143 Å². The van der Waals surface area contributed by atoms with Gasteiger partial charge in [-0.05, 0) is 30.3 Å². The van der Waals surface area contributed by atoms with Gasteiger partial charge in [-0.2, -0.15) is 0 Å². The van der Waals surface area contributed by atoms with Crippen LogP contribution in [0.1, 0.15) is 0 Å². The van der Waals surface area contributed by atoms with E-state index in [4.69, 9.17) is 4.98 Å². The van der Waals surface area contributed by atoms with Crippen molar-refractivity contribution < 1.29 is 0 Å². The lowest BCUT2D eigenvalue weighted by molar-refractivity contribution is 0.973. The molecular formula is C21H16N4. The fourth-order valence-electron chi connectivity index (χ4n) is 4.29. The molecular weight excluding hydrogens is 308 g/mol. The topological polar surface area (TPSA) is 27.2 Å². The zero-order valence-corrected chi connectivity index (χ0v) is 14.1. The van der Waals surface area contributed by atoms with Crippen molar-refractivity contribution in [3.8, 4) is 0 Å². The second-order valence-electron chi connectivity index (χ2n) is 6.70. The Morgan fingerprint density at radius 1 is 0.680 bits per heavy atom. The SMILES string of the molecule is Cn1c2ccccc2c2c1ccc1c2n2c3ccccc3nc2n1C. The van der Waals surface area contributed by atoms with E-state index in [0.29, 0.717) is 0 Å². The molecule has 4 nitrogen and oxygen atoms in total. The lowest BCUT2D eigenvalue weighted by atomic mass is 10.1. The number of benzene rings is 3. The summed E-state index contributed by atoms with van der Waals surface area (Å²) in [6.45, 7) is 0.